The molecule has 0 bridgehead atoms. The van der Waals surface area contributed by atoms with Crippen LogP contribution >= 0.6 is 23.4 Å². The molecule has 1 saturated heterocycles. The molecule has 0 amide bonds. The van der Waals surface area contributed by atoms with E-state index >= 15 is 0 Å². The van der Waals surface area contributed by atoms with Gasteiger partial charge in [0.15, 0.2) is 5.16 Å². The molecule has 1 aliphatic heterocycles. The number of benzene rings is 1. The van der Waals surface area contributed by atoms with Crippen LogP contribution in [0.2, 0.25) is 5.02 Å². The quantitative estimate of drug-likeness (QED) is 0.600. The number of hydrogen-bond acceptors (Lipinski definition) is 7. The number of anilines is 1. The van der Waals surface area contributed by atoms with E-state index in [-0.39, 0.29) is 0 Å². The Hall–Kier alpha value is -1.85. The number of hydrogen-bond donors (Lipinski definition) is 1. The Labute approximate surface area is 162 Å². The molecular weight excluding hydrogens is 370 g/mol. The third-order valence-corrected chi connectivity index (χ3v) is 4.92. The van der Waals surface area contributed by atoms with Gasteiger partial charge in [-0.15, -0.1) is 0 Å². The van der Waals surface area contributed by atoms with Crippen molar-refractivity contribution < 1.29 is 4.74 Å². The van der Waals surface area contributed by atoms with Crippen LogP contribution in [0.25, 0.3) is 11.3 Å². The van der Waals surface area contributed by atoms with Crippen LogP contribution in [0.15, 0.2) is 29.4 Å². The van der Waals surface area contributed by atoms with Gasteiger partial charge >= 0.3 is 0 Å². The normalized spacial score (nSPS) is 14.8. The Morgan fingerprint density at radius 2 is 2.00 bits per heavy atom. The minimum absolute atomic E-state index is 0.451. The van der Waals surface area contributed by atoms with Gasteiger partial charge in [0.2, 0.25) is 0 Å². The fourth-order valence-electron chi connectivity index (χ4n) is 2.74. The monoisotopic (exact) mass is 389 g/mol. The zero-order valence-electron chi connectivity index (χ0n) is 14.5. The zero-order chi connectivity index (χ0) is 18.4. The van der Waals surface area contributed by atoms with Crippen LogP contribution in [-0.4, -0.2) is 60.5 Å². The second-order valence-corrected chi connectivity index (χ2v) is 6.99. The Kier molecular flexibility index (Phi) is 6.69. The predicted molar refractivity (Wildman–Crippen MR) is 105 cm³/mol. The van der Waals surface area contributed by atoms with E-state index in [1.54, 1.807) is 12.1 Å². The number of nitrogens with zero attached hydrogens (tertiary/aromatic N) is 4. The number of nitrogens with one attached hydrogen (secondary N) is 1. The second kappa shape index (κ2) is 9.19. The molecule has 1 fully saturated rings. The van der Waals surface area contributed by atoms with Gasteiger partial charge in [-0.2, -0.15) is 5.26 Å². The third kappa shape index (κ3) is 4.65. The van der Waals surface area contributed by atoms with Crippen molar-refractivity contribution in [2.75, 3.05) is 51.0 Å². The van der Waals surface area contributed by atoms with Gasteiger partial charge in [-0.25, -0.2) is 9.97 Å². The van der Waals surface area contributed by atoms with Gasteiger partial charge in [-0.3, -0.25) is 4.90 Å². The Morgan fingerprint density at radius 1 is 1.27 bits per heavy atom. The van der Waals surface area contributed by atoms with Crippen LogP contribution in [0.4, 0.5) is 5.82 Å². The Bertz CT molecular complexity index is 787. The molecule has 0 aliphatic carbocycles. The maximum atomic E-state index is 9.70. The number of aromatic nitrogens is 2. The molecule has 2 heterocycles. The van der Waals surface area contributed by atoms with Gasteiger partial charge < -0.3 is 10.1 Å². The van der Waals surface area contributed by atoms with Crippen LogP contribution < -0.4 is 5.32 Å². The van der Waals surface area contributed by atoms with Crippen LogP contribution in [0.3, 0.4) is 0 Å². The fourth-order valence-corrected chi connectivity index (χ4v) is 3.23. The minimum Gasteiger partial charge on any atom is -0.379 e. The molecule has 2 aromatic rings. The highest BCUT2D eigenvalue weighted by molar-refractivity contribution is 7.98. The van der Waals surface area contributed by atoms with E-state index < -0.39 is 0 Å². The minimum atomic E-state index is 0.451. The summed E-state index contributed by atoms with van der Waals surface area (Å²) in [7, 11) is 0. The molecule has 0 atom stereocenters. The average Bonchev–Trinajstić information content (AvgIpc) is 2.68. The zero-order valence-corrected chi connectivity index (χ0v) is 16.1. The van der Waals surface area contributed by atoms with Gasteiger partial charge in [0, 0.05) is 36.8 Å². The van der Waals surface area contributed by atoms with E-state index in [0.29, 0.717) is 33.8 Å². The predicted octanol–water partition coefficient (Wildman–Crippen LogP) is 3.13. The van der Waals surface area contributed by atoms with Crippen molar-refractivity contribution >= 4 is 29.2 Å². The summed E-state index contributed by atoms with van der Waals surface area (Å²) in [4.78, 5) is 11.4. The summed E-state index contributed by atoms with van der Waals surface area (Å²) in [5.74, 6) is 0.574. The van der Waals surface area contributed by atoms with Gasteiger partial charge in [0.1, 0.15) is 17.5 Å². The first-order valence-electron chi connectivity index (χ1n) is 8.37. The average molecular weight is 390 g/mol. The Balaban J connectivity index is 1.83. The van der Waals surface area contributed by atoms with Gasteiger partial charge in [0.05, 0.1) is 18.9 Å². The lowest BCUT2D eigenvalue weighted by Gasteiger charge is -2.26. The number of ether oxygens (including phenoxy) is 1. The SMILES string of the molecule is CSc1nc(NCCN2CCOCC2)c(C#N)c(-c2ccc(Cl)cc2)n1. The maximum absolute atomic E-state index is 9.70. The van der Waals surface area contributed by atoms with Crippen molar-refractivity contribution in [3.8, 4) is 17.3 Å². The molecule has 0 unspecified atom stereocenters. The van der Waals surface area contributed by atoms with Crippen molar-refractivity contribution in [1.82, 2.24) is 14.9 Å². The second-order valence-electron chi connectivity index (χ2n) is 5.78. The highest BCUT2D eigenvalue weighted by Crippen LogP contribution is 2.29. The summed E-state index contributed by atoms with van der Waals surface area (Å²) < 4.78 is 5.37. The first-order valence-corrected chi connectivity index (χ1v) is 9.97. The van der Waals surface area contributed by atoms with Crippen LogP contribution in [0, 0.1) is 11.3 Å². The van der Waals surface area contributed by atoms with Crippen molar-refractivity contribution in [3.63, 3.8) is 0 Å². The lowest BCUT2D eigenvalue weighted by molar-refractivity contribution is 0.0398. The van der Waals surface area contributed by atoms with E-state index in [1.165, 1.54) is 11.8 Å². The summed E-state index contributed by atoms with van der Waals surface area (Å²) in [6.45, 7) is 5.00. The summed E-state index contributed by atoms with van der Waals surface area (Å²) in [6, 6.07) is 9.58. The molecule has 1 aliphatic rings. The molecule has 26 heavy (non-hydrogen) atoms. The van der Waals surface area contributed by atoms with Crippen molar-refractivity contribution in [2.45, 2.75) is 5.16 Å². The lowest BCUT2D eigenvalue weighted by Crippen LogP contribution is -2.39. The van der Waals surface area contributed by atoms with E-state index in [4.69, 9.17) is 16.3 Å². The fraction of sp³-hybridized carbons (Fsp3) is 0.389. The molecule has 3 rings (SSSR count). The summed E-state index contributed by atoms with van der Waals surface area (Å²) in [5, 5.41) is 14.3. The summed E-state index contributed by atoms with van der Waals surface area (Å²) in [5.41, 5.74) is 1.92. The molecule has 8 heteroatoms. The Morgan fingerprint density at radius 3 is 2.65 bits per heavy atom. The van der Waals surface area contributed by atoms with Crippen molar-refractivity contribution in [3.05, 3.63) is 34.9 Å². The van der Waals surface area contributed by atoms with E-state index in [2.05, 4.69) is 26.3 Å². The first kappa shape index (κ1) is 18.9. The summed E-state index contributed by atoms with van der Waals surface area (Å²) in [6.07, 6.45) is 1.92. The van der Waals surface area contributed by atoms with E-state index in [9.17, 15) is 5.26 Å². The largest absolute Gasteiger partial charge is 0.379 e. The maximum Gasteiger partial charge on any atom is 0.189 e. The van der Waals surface area contributed by atoms with E-state index in [1.807, 2.05) is 18.4 Å². The van der Waals surface area contributed by atoms with Crippen LogP contribution in [-0.2, 0) is 4.74 Å². The number of rotatable bonds is 6. The van der Waals surface area contributed by atoms with Crippen LogP contribution in [0.5, 0.6) is 0 Å². The topological polar surface area (TPSA) is 74.1 Å². The molecule has 136 valence electrons. The van der Waals surface area contributed by atoms with Crippen molar-refractivity contribution in [2.24, 2.45) is 0 Å². The number of thioether (sulfide) groups is 1. The molecular formula is C18H20ClN5OS. The molecule has 1 N–H and O–H groups in total. The number of halogens is 1. The standard InChI is InChI=1S/C18H20ClN5OS/c1-26-18-22-16(13-2-4-14(19)5-3-13)15(12-20)17(23-18)21-6-7-24-8-10-25-11-9-24/h2-5H,6-11H2,1H3,(H,21,22,23). The summed E-state index contributed by atoms with van der Waals surface area (Å²) >= 11 is 7.43. The first-order chi connectivity index (χ1) is 12.7. The number of nitriles is 1. The molecule has 6 nitrogen and oxygen atoms in total. The molecule has 1 aromatic heterocycles. The lowest BCUT2D eigenvalue weighted by atomic mass is 10.1. The molecule has 0 saturated carbocycles. The molecule has 0 radical (unpaired) electrons. The smallest absolute Gasteiger partial charge is 0.189 e. The van der Waals surface area contributed by atoms with Crippen LogP contribution in [0.1, 0.15) is 5.56 Å². The van der Waals surface area contributed by atoms with Gasteiger partial charge in [-0.05, 0) is 18.4 Å². The molecule has 1 aromatic carbocycles. The third-order valence-electron chi connectivity index (χ3n) is 4.12. The van der Waals surface area contributed by atoms with E-state index in [0.717, 1.165) is 38.4 Å². The molecule has 0 spiro atoms. The van der Waals surface area contributed by atoms with Gasteiger partial charge in [-0.1, -0.05) is 35.5 Å². The number of morpholine rings is 1. The van der Waals surface area contributed by atoms with Crippen molar-refractivity contribution in [1.29, 1.82) is 5.26 Å². The van der Waals surface area contributed by atoms with Gasteiger partial charge in [0.25, 0.3) is 0 Å². The highest BCUT2D eigenvalue weighted by atomic mass is 35.5. The highest BCUT2D eigenvalue weighted by Gasteiger charge is 2.16.